The quantitative estimate of drug-likeness (QED) is 0.695. The number of halogens is 4. The molecule has 0 N–H and O–H groups in total. The zero-order valence-corrected chi connectivity index (χ0v) is 14.4. The van der Waals surface area contributed by atoms with Crippen LogP contribution in [0.4, 0.5) is 13.2 Å². The number of nitrogens with zero attached hydrogens (tertiary/aromatic N) is 2. The number of hydrogen-bond acceptors (Lipinski definition) is 3. The van der Waals surface area contributed by atoms with Crippen LogP contribution in [-0.2, 0) is 11.0 Å². The van der Waals surface area contributed by atoms with E-state index in [1.165, 1.54) is 0 Å². The first-order chi connectivity index (χ1) is 10.7. The molecule has 1 fully saturated rings. The Labute approximate surface area is 142 Å². The molecule has 0 aromatic carbocycles. The first-order valence-electron chi connectivity index (χ1n) is 7.33. The van der Waals surface area contributed by atoms with Crippen LogP contribution < -0.4 is 0 Å². The van der Waals surface area contributed by atoms with Gasteiger partial charge < -0.3 is 4.90 Å². The minimum atomic E-state index is -4.48. The molecule has 0 saturated heterocycles. The molecule has 1 aromatic heterocycles. The van der Waals surface area contributed by atoms with Crippen LogP contribution in [-0.4, -0.2) is 34.1 Å². The molecule has 128 valence electrons. The van der Waals surface area contributed by atoms with Gasteiger partial charge in [-0.2, -0.15) is 13.2 Å². The van der Waals surface area contributed by atoms with E-state index in [4.69, 9.17) is 11.6 Å². The summed E-state index contributed by atoms with van der Waals surface area (Å²) in [6.07, 6.45) is -1.70. The van der Waals surface area contributed by atoms with Crippen LogP contribution in [0, 0.1) is 5.92 Å². The largest absolute Gasteiger partial charge is 0.417 e. The molecular formula is C15H18ClF3N2OS. The fraction of sp³-hybridized carbons (Fsp3) is 0.600. The van der Waals surface area contributed by atoms with E-state index in [9.17, 15) is 18.0 Å². The van der Waals surface area contributed by atoms with Gasteiger partial charge in [0.25, 0.3) is 0 Å². The number of carbonyl (C=O) groups excluding carboxylic acids is 1. The fourth-order valence-corrected chi connectivity index (χ4v) is 3.21. The van der Waals surface area contributed by atoms with Crippen molar-refractivity contribution in [2.24, 2.45) is 5.92 Å². The number of aromatic nitrogens is 1. The van der Waals surface area contributed by atoms with Gasteiger partial charge in [0.2, 0.25) is 5.91 Å². The number of hydrogen-bond donors (Lipinski definition) is 0. The molecule has 3 nitrogen and oxygen atoms in total. The fourth-order valence-electron chi connectivity index (χ4n) is 2.13. The molecule has 1 aliphatic carbocycles. The maximum absolute atomic E-state index is 12.6. The number of carbonyl (C=O) groups is 1. The maximum Gasteiger partial charge on any atom is 0.417 e. The molecule has 0 spiro atoms. The molecule has 0 unspecified atom stereocenters. The summed E-state index contributed by atoms with van der Waals surface area (Å²) in [5, 5.41) is 0.160. The highest BCUT2D eigenvalue weighted by Gasteiger charge is 2.33. The number of rotatable bonds is 6. The van der Waals surface area contributed by atoms with Crippen LogP contribution in [0.3, 0.4) is 0 Å². The van der Waals surface area contributed by atoms with Crippen molar-refractivity contribution in [1.82, 2.24) is 9.88 Å². The molecule has 23 heavy (non-hydrogen) atoms. The minimum absolute atomic E-state index is 0.0241. The molecule has 1 aliphatic rings. The van der Waals surface area contributed by atoms with Crippen molar-refractivity contribution in [3.05, 3.63) is 22.8 Å². The molecule has 1 heterocycles. The zero-order valence-electron chi connectivity index (χ0n) is 12.9. The zero-order chi connectivity index (χ0) is 17.2. The lowest BCUT2D eigenvalue weighted by Crippen LogP contribution is -2.37. The van der Waals surface area contributed by atoms with Crippen molar-refractivity contribution in [3.8, 4) is 0 Å². The molecule has 0 aliphatic heterocycles. The second-order valence-corrected chi connectivity index (χ2v) is 7.34. The van der Waals surface area contributed by atoms with Crippen molar-refractivity contribution in [1.29, 1.82) is 0 Å². The predicted molar refractivity (Wildman–Crippen MR) is 84.5 cm³/mol. The van der Waals surface area contributed by atoms with E-state index in [2.05, 4.69) is 4.98 Å². The van der Waals surface area contributed by atoms with Gasteiger partial charge in [-0.15, -0.1) is 0 Å². The summed E-state index contributed by atoms with van der Waals surface area (Å²) in [4.78, 5) is 17.9. The lowest BCUT2D eigenvalue weighted by atomic mass is 10.2. The summed E-state index contributed by atoms with van der Waals surface area (Å²) < 4.78 is 37.7. The van der Waals surface area contributed by atoms with Crippen LogP contribution >= 0.6 is 23.4 Å². The Morgan fingerprint density at radius 3 is 2.61 bits per heavy atom. The van der Waals surface area contributed by atoms with Crippen LogP contribution in [0.5, 0.6) is 0 Å². The van der Waals surface area contributed by atoms with Crippen molar-refractivity contribution in [2.75, 3.05) is 12.3 Å². The topological polar surface area (TPSA) is 33.2 Å². The third-order valence-electron chi connectivity index (χ3n) is 3.34. The monoisotopic (exact) mass is 366 g/mol. The van der Waals surface area contributed by atoms with E-state index in [-0.39, 0.29) is 21.7 Å². The lowest BCUT2D eigenvalue weighted by molar-refractivity contribution is -0.138. The summed E-state index contributed by atoms with van der Waals surface area (Å²) in [5.41, 5.74) is -0.891. The smallest absolute Gasteiger partial charge is 0.339 e. The molecule has 2 rings (SSSR count). The second kappa shape index (κ2) is 7.30. The Balaban J connectivity index is 1.98. The van der Waals surface area contributed by atoms with Crippen molar-refractivity contribution >= 4 is 29.3 Å². The standard InChI is InChI=1S/C15H18ClF3N2OS/c1-9(2)7-21(11-3-4-11)13(22)8-23-14-12(16)5-10(6-20-14)15(17,18)19/h5-6,9,11H,3-4,7-8H2,1-2H3. The summed E-state index contributed by atoms with van der Waals surface area (Å²) in [7, 11) is 0. The van der Waals surface area contributed by atoms with Gasteiger partial charge in [-0.05, 0) is 24.8 Å². The number of alkyl halides is 3. The van der Waals surface area contributed by atoms with Gasteiger partial charge in [-0.1, -0.05) is 37.2 Å². The number of pyridine rings is 1. The number of thioether (sulfide) groups is 1. The molecule has 8 heteroatoms. The van der Waals surface area contributed by atoms with Crippen LogP contribution in [0.15, 0.2) is 17.3 Å². The first-order valence-corrected chi connectivity index (χ1v) is 8.70. The average Bonchev–Trinajstić information content (AvgIpc) is 3.26. The lowest BCUT2D eigenvalue weighted by Gasteiger charge is -2.24. The van der Waals surface area contributed by atoms with Gasteiger partial charge in [0.1, 0.15) is 5.03 Å². The third-order valence-corrected chi connectivity index (χ3v) is 4.73. The minimum Gasteiger partial charge on any atom is -0.339 e. The molecule has 0 bridgehead atoms. The molecule has 0 radical (unpaired) electrons. The van der Waals surface area contributed by atoms with E-state index in [0.29, 0.717) is 18.5 Å². The van der Waals surface area contributed by atoms with Crippen LogP contribution in [0.1, 0.15) is 32.3 Å². The van der Waals surface area contributed by atoms with E-state index in [1.807, 2.05) is 18.7 Å². The van der Waals surface area contributed by atoms with E-state index < -0.39 is 11.7 Å². The predicted octanol–water partition coefficient (Wildman–Crippen LogP) is 4.49. The molecule has 1 aromatic rings. The van der Waals surface area contributed by atoms with Gasteiger partial charge in [0, 0.05) is 18.8 Å². The van der Waals surface area contributed by atoms with Crippen LogP contribution in [0.25, 0.3) is 0 Å². The van der Waals surface area contributed by atoms with E-state index in [0.717, 1.165) is 36.9 Å². The van der Waals surface area contributed by atoms with Gasteiger partial charge in [0.15, 0.2) is 0 Å². The molecule has 0 atom stereocenters. The summed E-state index contributed by atoms with van der Waals surface area (Å²) >= 11 is 6.92. The Morgan fingerprint density at radius 1 is 1.48 bits per heavy atom. The van der Waals surface area contributed by atoms with Crippen molar-refractivity contribution < 1.29 is 18.0 Å². The van der Waals surface area contributed by atoms with Gasteiger partial charge in [-0.25, -0.2) is 4.98 Å². The molecule has 1 amide bonds. The van der Waals surface area contributed by atoms with Gasteiger partial charge in [0.05, 0.1) is 16.3 Å². The summed E-state index contributed by atoms with van der Waals surface area (Å²) in [6.45, 7) is 4.78. The van der Waals surface area contributed by atoms with Crippen LogP contribution in [0.2, 0.25) is 5.02 Å². The van der Waals surface area contributed by atoms with E-state index >= 15 is 0 Å². The normalized spacial score (nSPS) is 15.1. The number of amides is 1. The Kier molecular flexibility index (Phi) is 5.84. The highest BCUT2D eigenvalue weighted by molar-refractivity contribution is 8.00. The Bertz CT molecular complexity index is 576. The van der Waals surface area contributed by atoms with E-state index in [1.54, 1.807) is 0 Å². The van der Waals surface area contributed by atoms with Gasteiger partial charge >= 0.3 is 6.18 Å². The third kappa shape index (κ3) is 5.28. The van der Waals surface area contributed by atoms with Gasteiger partial charge in [-0.3, -0.25) is 4.79 Å². The second-order valence-electron chi connectivity index (χ2n) is 5.97. The summed E-state index contributed by atoms with van der Waals surface area (Å²) in [6, 6.07) is 1.15. The summed E-state index contributed by atoms with van der Waals surface area (Å²) in [5.74, 6) is 0.475. The SMILES string of the molecule is CC(C)CN(C(=O)CSc1ncc(C(F)(F)F)cc1Cl)C1CC1. The molecular weight excluding hydrogens is 349 g/mol. The highest BCUT2D eigenvalue weighted by atomic mass is 35.5. The highest BCUT2D eigenvalue weighted by Crippen LogP contribution is 2.34. The van der Waals surface area contributed by atoms with Crippen molar-refractivity contribution in [2.45, 2.75) is 43.9 Å². The maximum atomic E-state index is 12.6. The molecule has 1 saturated carbocycles. The first kappa shape index (κ1) is 18.4. The van der Waals surface area contributed by atoms with Crippen molar-refractivity contribution in [3.63, 3.8) is 0 Å². The Morgan fingerprint density at radius 2 is 2.13 bits per heavy atom. The average molecular weight is 367 g/mol. The Hall–Kier alpha value is -0.950.